The molecule has 2 aromatic heterocycles. The van der Waals surface area contributed by atoms with Crippen molar-refractivity contribution in [3.05, 3.63) is 34.1 Å². The number of fused-ring (bicyclic) bond motifs is 1. The van der Waals surface area contributed by atoms with Gasteiger partial charge in [0.1, 0.15) is 11.2 Å². The van der Waals surface area contributed by atoms with Gasteiger partial charge in [0.15, 0.2) is 0 Å². The van der Waals surface area contributed by atoms with E-state index in [1.54, 1.807) is 12.1 Å². The van der Waals surface area contributed by atoms with Crippen LogP contribution in [0.4, 0.5) is 0 Å². The molecule has 3 nitrogen and oxygen atoms in total. The van der Waals surface area contributed by atoms with Crippen LogP contribution in [0.5, 0.6) is 0 Å². The maximum absolute atomic E-state index is 8.62. The Morgan fingerprint density at radius 1 is 1.38 bits per heavy atom. The average Bonchev–Trinajstić information content (AvgIpc) is 2.42. The summed E-state index contributed by atoms with van der Waals surface area (Å²) in [5.74, 6) is 0. The van der Waals surface area contributed by atoms with E-state index >= 15 is 0 Å². The third-order valence-electron chi connectivity index (χ3n) is 1.65. The molecule has 0 amide bonds. The van der Waals surface area contributed by atoms with Crippen LogP contribution in [-0.2, 0) is 0 Å². The van der Waals surface area contributed by atoms with Gasteiger partial charge >= 0.3 is 0 Å². The van der Waals surface area contributed by atoms with Crippen molar-refractivity contribution >= 4 is 28.7 Å². The van der Waals surface area contributed by atoms with Crippen LogP contribution in [0.25, 0.3) is 5.52 Å². The van der Waals surface area contributed by atoms with E-state index in [0.29, 0.717) is 21.3 Å². The lowest BCUT2D eigenvalue weighted by Gasteiger charge is -1.94. The van der Waals surface area contributed by atoms with Crippen LogP contribution >= 0.6 is 23.2 Å². The van der Waals surface area contributed by atoms with Crippen LogP contribution in [0.1, 0.15) is 5.56 Å². The van der Waals surface area contributed by atoms with Crippen LogP contribution in [-0.4, -0.2) is 9.61 Å². The van der Waals surface area contributed by atoms with E-state index in [4.69, 9.17) is 28.5 Å². The van der Waals surface area contributed by atoms with Gasteiger partial charge in [0.2, 0.25) is 0 Å². The van der Waals surface area contributed by atoms with E-state index in [2.05, 4.69) is 5.10 Å². The summed E-state index contributed by atoms with van der Waals surface area (Å²) in [5, 5.41) is 13.5. The predicted molar refractivity (Wildman–Crippen MR) is 49.9 cm³/mol. The van der Waals surface area contributed by atoms with Gasteiger partial charge in [-0.2, -0.15) is 10.4 Å². The van der Waals surface area contributed by atoms with Gasteiger partial charge in [-0.15, -0.1) is 0 Å². The van der Waals surface area contributed by atoms with Crippen molar-refractivity contribution in [1.82, 2.24) is 9.61 Å². The van der Waals surface area contributed by atoms with E-state index in [0.717, 1.165) is 0 Å². The number of rotatable bonds is 0. The van der Waals surface area contributed by atoms with Gasteiger partial charge in [-0.25, -0.2) is 4.52 Å². The Morgan fingerprint density at radius 2 is 2.15 bits per heavy atom. The summed E-state index contributed by atoms with van der Waals surface area (Å²) < 4.78 is 1.48. The van der Waals surface area contributed by atoms with Gasteiger partial charge in [-0.05, 0) is 12.1 Å². The van der Waals surface area contributed by atoms with Crippen LogP contribution < -0.4 is 0 Å². The van der Waals surface area contributed by atoms with Crippen LogP contribution in [0.3, 0.4) is 0 Å². The highest BCUT2D eigenvalue weighted by atomic mass is 35.5. The van der Waals surface area contributed by atoms with Crippen molar-refractivity contribution in [2.75, 3.05) is 0 Å². The normalized spacial score (nSPS) is 10.2. The van der Waals surface area contributed by atoms with Gasteiger partial charge in [0, 0.05) is 0 Å². The number of halogens is 2. The van der Waals surface area contributed by atoms with Crippen molar-refractivity contribution in [3.63, 3.8) is 0 Å². The minimum atomic E-state index is 0.435. The molecule has 0 saturated carbocycles. The van der Waals surface area contributed by atoms with E-state index < -0.39 is 0 Å². The highest BCUT2D eigenvalue weighted by molar-refractivity contribution is 6.37. The Bertz CT molecular complexity index is 510. The lowest BCUT2D eigenvalue weighted by molar-refractivity contribution is 0.938. The maximum atomic E-state index is 8.62. The molecule has 0 aliphatic carbocycles. The van der Waals surface area contributed by atoms with Crippen molar-refractivity contribution < 1.29 is 0 Å². The zero-order valence-electron chi connectivity index (χ0n) is 6.33. The number of hydrogen-bond acceptors (Lipinski definition) is 2. The highest BCUT2D eigenvalue weighted by Crippen LogP contribution is 2.24. The zero-order chi connectivity index (χ0) is 9.42. The molecule has 0 unspecified atom stereocenters. The lowest BCUT2D eigenvalue weighted by atomic mass is 10.3. The molecule has 0 aromatic carbocycles. The monoisotopic (exact) mass is 211 g/mol. The Balaban J connectivity index is 2.86. The smallest absolute Gasteiger partial charge is 0.132 e. The molecule has 0 aliphatic rings. The van der Waals surface area contributed by atoms with Crippen molar-refractivity contribution in [2.45, 2.75) is 0 Å². The van der Waals surface area contributed by atoms with Crippen LogP contribution in [0, 0.1) is 11.3 Å². The Morgan fingerprint density at radius 3 is 2.85 bits per heavy atom. The van der Waals surface area contributed by atoms with Crippen molar-refractivity contribution in [2.24, 2.45) is 0 Å². The largest absolute Gasteiger partial charge is 0.221 e. The van der Waals surface area contributed by atoms with Crippen LogP contribution in [0.15, 0.2) is 18.3 Å². The number of aromatic nitrogens is 2. The molecule has 5 heteroatoms. The van der Waals surface area contributed by atoms with Gasteiger partial charge in [-0.3, -0.25) is 0 Å². The summed E-state index contributed by atoms with van der Waals surface area (Å²) in [7, 11) is 0. The number of nitrogens with zero attached hydrogens (tertiary/aromatic N) is 3. The molecule has 13 heavy (non-hydrogen) atoms. The molecule has 2 rings (SSSR count). The second-order valence-corrected chi connectivity index (χ2v) is 3.26. The third kappa shape index (κ3) is 1.24. The Kier molecular flexibility index (Phi) is 1.87. The highest BCUT2D eigenvalue weighted by Gasteiger charge is 2.06. The summed E-state index contributed by atoms with van der Waals surface area (Å²) in [6, 6.07) is 5.21. The molecule has 0 N–H and O–H groups in total. The quantitative estimate of drug-likeness (QED) is 0.673. The lowest BCUT2D eigenvalue weighted by Crippen LogP contribution is -1.91. The Hall–Kier alpha value is -1.24. The minimum Gasteiger partial charge on any atom is -0.221 e. The van der Waals surface area contributed by atoms with E-state index in [9.17, 15) is 0 Å². The van der Waals surface area contributed by atoms with Crippen molar-refractivity contribution in [1.29, 1.82) is 5.26 Å². The summed E-state index contributed by atoms with van der Waals surface area (Å²) >= 11 is 11.7. The van der Waals surface area contributed by atoms with E-state index in [-0.39, 0.29) is 0 Å². The number of hydrogen-bond donors (Lipinski definition) is 0. The molecule has 0 aliphatic heterocycles. The fourth-order valence-corrected chi connectivity index (χ4v) is 1.61. The molecule has 0 atom stereocenters. The standard InChI is InChI=1S/C8H3Cl2N3/c9-6-2-8(10)13-7(6)1-5(3-11)4-12-13/h1-2,4H. The first-order chi connectivity index (χ1) is 6.22. The summed E-state index contributed by atoms with van der Waals surface area (Å²) in [6.45, 7) is 0. The molecule has 0 saturated heterocycles. The summed E-state index contributed by atoms with van der Waals surface area (Å²) in [5.41, 5.74) is 1.11. The minimum absolute atomic E-state index is 0.435. The summed E-state index contributed by atoms with van der Waals surface area (Å²) in [6.07, 6.45) is 1.44. The number of nitriles is 1. The van der Waals surface area contributed by atoms with Gasteiger partial charge < -0.3 is 0 Å². The predicted octanol–water partition coefficient (Wildman–Crippen LogP) is 2.51. The van der Waals surface area contributed by atoms with Gasteiger partial charge in [0.05, 0.1) is 22.3 Å². The second-order valence-electron chi connectivity index (χ2n) is 2.47. The SMILES string of the molecule is N#Cc1cnn2c(Cl)cc(Cl)c2c1. The summed E-state index contributed by atoms with van der Waals surface area (Å²) in [4.78, 5) is 0. The van der Waals surface area contributed by atoms with E-state index in [1.165, 1.54) is 10.7 Å². The molecule has 0 bridgehead atoms. The first-order valence-electron chi connectivity index (χ1n) is 3.45. The average molecular weight is 212 g/mol. The molecular formula is C8H3Cl2N3. The molecule has 0 spiro atoms. The molecule has 2 heterocycles. The van der Waals surface area contributed by atoms with Crippen molar-refractivity contribution in [3.8, 4) is 6.07 Å². The first-order valence-corrected chi connectivity index (χ1v) is 4.21. The fraction of sp³-hybridized carbons (Fsp3) is 0. The maximum Gasteiger partial charge on any atom is 0.132 e. The van der Waals surface area contributed by atoms with Gasteiger partial charge in [-0.1, -0.05) is 23.2 Å². The second kappa shape index (κ2) is 2.91. The topological polar surface area (TPSA) is 41.1 Å². The molecule has 64 valence electrons. The molecule has 2 aromatic rings. The zero-order valence-corrected chi connectivity index (χ0v) is 7.84. The van der Waals surface area contributed by atoms with Gasteiger partial charge in [0.25, 0.3) is 0 Å². The first kappa shape index (κ1) is 8.36. The van der Waals surface area contributed by atoms with E-state index in [1.807, 2.05) is 6.07 Å². The molecule has 0 radical (unpaired) electrons. The molecule has 0 fully saturated rings. The third-order valence-corrected chi connectivity index (χ3v) is 2.23. The van der Waals surface area contributed by atoms with Crippen LogP contribution in [0.2, 0.25) is 10.2 Å². The molecular weight excluding hydrogens is 209 g/mol. The fourth-order valence-electron chi connectivity index (χ4n) is 1.07. The Labute approximate surface area is 84.1 Å².